The molecule has 2 aliphatic rings. The molecule has 0 radical (unpaired) electrons. The van der Waals surface area contributed by atoms with E-state index in [1.807, 2.05) is 0 Å². The Labute approximate surface area is 86.2 Å². The maximum Gasteiger partial charge on any atom is 0.0729 e. The van der Waals surface area contributed by atoms with Crippen LogP contribution in [0.2, 0.25) is 0 Å². The van der Waals surface area contributed by atoms with Gasteiger partial charge in [0.05, 0.1) is 12.2 Å². The van der Waals surface area contributed by atoms with Crippen LogP contribution < -0.4 is 5.32 Å². The summed E-state index contributed by atoms with van der Waals surface area (Å²) in [4.78, 5) is 0. The normalized spacial score (nSPS) is 35.8. The molecule has 2 aliphatic heterocycles. The smallest absolute Gasteiger partial charge is 0.0729 e. The summed E-state index contributed by atoms with van der Waals surface area (Å²) in [7, 11) is 0. The summed E-state index contributed by atoms with van der Waals surface area (Å²) in [5, 5.41) is 3.40. The molecule has 2 heterocycles. The second-order valence-corrected chi connectivity index (χ2v) is 4.46. The molecule has 2 fully saturated rings. The maximum absolute atomic E-state index is 6.10. The third-order valence-electron chi connectivity index (χ3n) is 3.29. The van der Waals surface area contributed by atoms with Crippen molar-refractivity contribution in [1.82, 2.24) is 5.32 Å². The van der Waals surface area contributed by atoms with Crippen molar-refractivity contribution in [1.29, 1.82) is 0 Å². The first kappa shape index (κ1) is 10.4. The molecule has 0 aromatic rings. The molecule has 0 bridgehead atoms. The van der Waals surface area contributed by atoms with E-state index in [4.69, 9.17) is 9.47 Å². The van der Waals surface area contributed by atoms with E-state index < -0.39 is 0 Å². The molecule has 0 aromatic carbocycles. The van der Waals surface area contributed by atoms with Gasteiger partial charge in [0, 0.05) is 19.8 Å². The van der Waals surface area contributed by atoms with Gasteiger partial charge in [-0.05, 0) is 31.7 Å². The van der Waals surface area contributed by atoms with Crippen LogP contribution in [-0.2, 0) is 9.47 Å². The Kier molecular flexibility index (Phi) is 3.79. The van der Waals surface area contributed by atoms with Gasteiger partial charge in [-0.2, -0.15) is 0 Å². The average Bonchev–Trinajstić information content (AvgIpc) is 2.23. The van der Waals surface area contributed by atoms with Crippen molar-refractivity contribution in [3.63, 3.8) is 0 Å². The highest BCUT2D eigenvalue weighted by molar-refractivity contribution is 4.77. The minimum Gasteiger partial charge on any atom is -0.381 e. The zero-order valence-electron chi connectivity index (χ0n) is 9.00. The molecule has 0 saturated carbocycles. The largest absolute Gasteiger partial charge is 0.381 e. The SMILES string of the molecule is CC1CCNCC1OC1CCOCC1. The lowest BCUT2D eigenvalue weighted by molar-refractivity contribution is -0.0895. The molecule has 3 heteroatoms. The molecule has 1 N–H and O–H groups in total. The van der Waals surface area contributed by atoms with Gasteiger partial charge in [0.25, 0.3) is 0 Å². The predicted octanol–water partition coefficient (Wildman–Crippen LogP) is 1.18. The van der Waals surface area contributed by atoms with Crippen LogP contribution in [0.5, 0.6) is 0 Å². The van der Waals surface area contributed by atoms with Crippen molar-refractivity contribution in [2.24, 2.45) is 5.92 Å². The molecule has 3 nitrogen and oxygen atoms in total. The molecule has 2 unspecified atom stereocenters. The van der Waals surface area contributed by atoms with Crippen LogP contribution in [0, 0.1) is 5.92 Å². The van der Waals surface area contributed by atoms with Gasteiger partial charge < -0.3 is 14.8 Å². The second kappa shape index (κ2) is 5.10. The van der Waals surface area contributed by atoms with E-state index in [0.29, 0.717) is 18.1 Å². The summed E-state index contributed by atoms with van der Waals surface area (Å²) in [6.45, 7) is 6.22. The molecule has 0 aromatic heterocycles. The van der Waals surface area contributed by atoms with Crippen molar-refractivity contribution in [2.45, 2.75) is 38.4 Å². The number of nitrogens with one attached hydrogen (secondary N) is 1. The van der Waals surface area contributed by atoms with Gasteiger partial charge in [0.15, 0.2) is 0 Å². The van der Waals surface area contributed by atoms with Gasteiger partial charge in [-0.25, -0.2) is 0 Å². The Morgan fingerprint density at radius 2 is 2.00 bits per heavy atom. The number of piperidine rings is 1. The molecule has 2 rings (SSSR count). The third-order valence-corrected chi connectivity index (χ3v) is 3.29. The van der Waals surface area contributed by atoms with Crippen LogP contribution in [0.4, 0.5) is 0 Å². The van der Waals surface area contributed by atoms with Crippen LogP contribution in [0.25, 0.3) is 0 Å². The zero-order valence-corrected chi connectivity index (χ0v) is 9.00. The van der Waals surface area contributed by atoms with E-state index in [1.54, 1.807) is 0 Å². The van der Waals surface area contributed by atoms with Crippen LogP contribution >= 0.6 is 0 Å². The topological polar surface area (TPSA) is 30.5 Å². The molecule has 2 saturated heterocycles. The Bertz CT molecular complexity index is 169. The summed E-state index contributed by atoms with van der Waals surface area (Å²) in [6, 6.07) is 0. The predicted molar refractivity (Wildman–Crippen MR) is 55.4 cm³/mol. The Morgan fingerprint density at radius 1 is 1.21 bits per heavy atom. The summed E-state index contributed by atoms with van der Waals surface area (Å²) in [5.41, 5.74) is 0. The van der Waals surface area contributed by atoms with Crippen LogP contribution in [-0.4, -0.2) is 38.5 Å². The molecule has 0 amide bonds. The summed E-state index contributed by atoms with van der Waals surface area (Å²) < 4.78 is 11.4. The highest BCUT2D eigenvalue weighted by Crippen LogP contribution is 2.20. The van der Waals surface area contributed by atoms with Crippen LogP contribution in [0.1, 0.15) is 26.2 Å². The number of rotatable bonds is 2. The van der Waals surface area contributed by atoms with Crippen LogP contribution in [0.15, 0.2) is 0 Å². The molecular weight excluding hydrogens is 178 g/mol. The Hall–Kier alpha value is -0.120. The quantitative estimate of drug-likeness (QED) is 0.724. The van der Waals surface area contributed by atoms with Gasteiger partial charge in [-0.3, -0.25) is 0 Å². The summed E-state index contributed by atoms with van der Waals surface area (Å²) in [5.74, 6) is 0.707. The molecule has 82 valence electrons. The second-order valence-electron chi connectivity index (χ2n) is 4.46. The van der Waals surface area contributed by atoms with E-state index in [0.717, 1.165) is 39.1 Å². The van der Waals surface area contributed by atoms with E-state index in [2.05, 4.69) is 12.2 Å². The fraction of sp³-hybridized carbons (Fsp3) is 1.00. The molecule has 14 heavy (non-hydrogen) atoms. The number of hydrogen-bond acceptors (Lipinski definition) is 3. The van der Waals surface area contributed by atoms with Gasteiger partial charge in [-0.15, -0.1) is 0 Å². The Balaban J connectivity index is 1.76. The van der Waals surface area contributed by atoms with E-state index in [9.17, 15) is 0 Å². The van der Waals surface area contributed by atoms with Crippen molar-refractivity contribution < 1.29 is 9.47 Å². The zero-order chi connectivity index (χ0) is 9.80. The van der Waals surface area contributed by atoms with E-state index >= 15 is 0 Å². The lowest BCUT2D eigenvalue weighted by Gasteiger charge is -2.34. The van der Waals surface area contributed by atoms with Crippen molar-refractivity contribution in [3.8, 4) is 0 Å². The minimum atomic E-state index is 0.423. The fourth-order valence-electron chi connectivity index (χ4n) is 2.20. The first-order valence-electron chi connectivity index (χ1n) is 5.80. The number of ether oxygens (including phenoxy) is 2. The molecular formula is C11H21NO2. The monoisotopic (exact) mass is 199 g/mol. The van der Waals surface area contributed by atoms with Gasteiger partial charge in [0.1, 0.15) is 0 Å². The van der Waals surface area contributed by atoms with Gasteiger partial charge in [-0.1, -0.05) is 6.92 Å². The fourth-order valence-corrected chi connectivity index (χ4v) is 2.20. The Morgan fingerprint density at radius 3 is 2.71 bits per heavy atom. The first-order chi connectivity index (χ1) is 6.86. The summed E-state index contributed by atoms with van der Waals surface area (Å²) >= 11 is 0. The molecule has 0 aliphatic carbocycles. The summed E-state index contributed by atoms with van der Waals surface area (Å²) in [6.07, 6.45) is 4.25. The van der Waals surface area contributed by atoms with Crippen LogP contribution in [0.3, 0.4) is 0 Å². The van der Waals surface area contributed by atoms with E-state index in [1.165, 1.54) is 6.42 Å². The minimum absolute atomic E-state index is 0.423. The molecule has 2 atom stereocenters. The maximum atomic E-state index is 6.10. The standard InChI is InChI=1S/C11H21NO2/c1-9-2-5-12-8-11(9)14-10-3-6-13-7-4-10/h9-12H,2-8H2,1H3. The highest BCUT2D eigenvalue weighted by Gasteiger charge is 2.25. The lowest BCUT2D eigenvalue weighted by atomic mass is 9.97. The van der Waals surface area contributed by atoms with Gasteiger partial charge in [0.2, 0.25) is 0 Å². The lowest BCUT2D eigenvalue weighted by Crippen LogP contribution is -2.43. The third kappa shape index (κ3) is 2.69. The molecule has 0 spiro atoms. The van der Waals surface area contributed by atoms with Crippen molar-refractivity contribution in [2.75, 3.05) is 26.3 Å². The van der Waals surface area contributed by atoms with Crippen molar-refractivity contribution >= 4 is 0 Å². The highest BCUT2D eigenvalue weighted by atomic mass is 16.5. The van der Waals surface area contributed by atoms with Gasteiger partial charge >= 0.3 is 0 Å². The first-order valence-corrected chi connectivity index (χ1v) is 5.80. The number of hydrogen-bond donors (Lipinski definition) is 1. The average molecular weight is 199 g/mol. The van der Waals surface area contributed by atoms with E-state index in [-0.39, 0.29) is 0 Å². The van der Waals surface area contributed by atoms with Crippen molar-refractivity contribution in [3.05, 3.63) is 0 Å².